The van der Waals surface area contributed by atoms with E-state index in [9.17, 15) is 13.2 Å². The van der Waals surface area contributed by atoms with Crippen molar-refractivity contribution < 1.29 is 17.9 Å². The molecule has 2 nitrogen and oxygen atoms in total. The Bertz CT molecular complexity index is 470. The van der Waals surface area contributed by atoms with Gasteiger partial charge in [-0.2, -0.15) is 13.2 Å². The van der Waals surface area contributed by atoms with Crippen LogP contribution in [0.25, 0.3) is 0 Å². The molecule has 1 aromatic carbocycles. The fraction of sp³-hybridized carbons (Fsp3) is 0.571. The van der Waals surface area contributed by atoms with Crippen LogP contribution in [0.2, 0.25) is 0 Å². The van der Waals surface area contributed by atoms with E-state index in [-0.39, 0.29) is 0 Å². The third kappa shape index (κ3) is 3.67. The minimum absolute atomic E-state index is 0.360. The van der Waals surface area contributed by atoms with E-state index in [1.54, 1.807) is 0 Å². The quantitative estimate of drug-likeness (QED) is 0.887. The lowest BCUT2D eigenvalue weighted by Gasteiger charge is -2.24. The number of hydrogen-bond acceptors (Lipinski definition) is 2. The number of rotatable bonds is 3. The molecule has 1 N–H and O–H groups in total. The SMILES string of the molecule is COc1c(Br)cc(C(F)(F)F)cc1CC1CCNCC1. The molecule has 0 saturated carbocycles. The summed E-state index contributed by atoms with van der Waals surface area (Å²) in [6, 6.07) is 2.29. The molecule has 1 saturated heterocycles. The molecular weight excluding hydrogens is 335 g/mol. The van der Waals surface area contributed by atoms with Gasteiger partial charge in [0.15, 0.2) is 0 Å². The molecule has 0 radical (unpaired) electrons. The number of halogens is 4. The van der Waals surface area contributed by atoms with Crippen molar-refractivity contribution in [3.05, 3.63) is 27.7 Å². The molecule has 112 valence electrons. The maximum atomic E-state index is 12.9. The van der Waals surface area contributed by atoms with E-state index >= 15 is 0 Å². The number of piperidine rings is 1. The van der Waals surface area contributed by atoms with Crippen LogP contribution in [0.15, 0.2) is 16.6 Å². The Morgan fingerprint density at radius 2 is 1.95 bits per heavy atom. The summed E-state index contributed by atoms with van der Waals surface area (Å²) in [5.74, 6) is 0.914. The van der Waals surface area contributed by atoms with Crippen LogP contribution in [0.4, 0.5) is 13.2 Å². The van der Waals surface area contributed by atoms with Gasteiger partial charge >= 0.3 is 6.18 Å². The van der Waals surface area contributed by atoms with E-state index < -0.39 is 11.7 Å². The van der Waals surface area contributed by atoms with E-state index in [1.165, 1.54) is 13.2 Å². The molecule has 2 rings (SSSR count). The Balaban J connectivity index is 2.30. The molecule has 0 unspecified atom stereocenters. The molecule has 1 aliphatic heterocycles. The predicted molar refractivity (Wildman–Crippen MR) is 75.0 cm³/mol. The van der Waals surface area contributed by atoms with Gasteiger partial charge in [0.1, 0.15) is 5.75 Å². The molecule has 0 aliphatic carbocycles. The van der Waals surface area contributed by atoms with Crippen LogP contribution in [0.3, 0.4) is 0 Å². The average Bonchev–Trinajstić information content (AvgIpc) is 2.38. The summed E-state index contributed by atoms with van der Waals surface area (Å²) in [6.45, 7) is 1.85. The zero-order valence-corrected chi connectivity index (χ0v) is 12.8. The Kier molecular flexibility index (Phi) is 4.96. The summed E-state index contributed by atoms with van der Waals surface area (Å²) in [6.07, 6.45) is -1.75. The highest BCUT2D eigenvalue weighted by molar-refractivity contribution is 9.10. The molecule has 0 bridgehead atoms. The van der Waals surface area contributed by atoms with Crippen LogP contribution >= 0.6 is 15.9 Å². The second-order valence-electron chi connectivity index (χ2n) is 5.05. The van der Waals surface area contributed by atoms with Crippen molar-refractivity contribution in [1.29, 1.82) is 0 Å². The highest BCUT2D eigenvalue weighted by atomic mass is 79.9. The van der Waals surface area contributed by atoms with E-state index in [2.05, 4.69) is 21.2 Å². The van der Waals surface area contributed by atoms with Gasteiger partial charge in [0.2, 0.25) is 0 Å². The first kappa shape index (κ1) is 15.6. The molecule has 1 heterocycles. The van der Waals surface area contributed by atoms with Gasteiger partial charge in [0, 0.05) is 0 Å². The van der Waals surface area contributed by atoms with Gasteiger partial charge in [-0.05, 0) is 71.9 Å². The lowest BCUT2D eigenvalue weighted by molar-refractivity contribution is -0.137. The number of benzene rings is 1. The molecule has 1 aliphatic rings. The molecule has 1 aromatic rings. The molecule has 0 aromatic heterocycles. The van der Waals surface area contributed by atoms with E-state index in [1.807, 2.05) is 0 Å². The molecule has 6 heteroatoms. The number of alkyl halides is 3. The first-order valence-corrected chi connectivity index (χ1v) is 7.35. The summed E-state index contributed by atoms with van der Waals surface area (Å²) in [5.41, 5.74) is -0.00444. The second-order valence-corrected chi connectivity index (χ2v) is 5.90. The van der Waals surface area contributed by atoms with Crippen molar-refractivity contribution >= 4 is 15.9 Å². The van der Waals surface area contributed by atoms with Crippen LogP contribution in [0, 0.1) is 5.92 Å². The normalized spacial score (nSPS) is 17.2. The highest BCUT2D eigenvalue weighted by Gasteiger charge is 2.32. The molecule has 1 fully saturated rings. The molecule has 20 heavy (non-hydrogen) atoms. The Hall–Kier alpha value is -0.750. The Labute approximate surface area is 124 Å². The second kappa shape index (κ2) is 6.35. The van der Waals surface area contributed by atoms with Gasteiger partial charge in [-0.15, -0.1) is 0 Å². The van der Waals surface area contributed by atoms with E-state index in [0.29, 0.717) is 28.1 Å². The van der Waals surface area contributed by atoms with Crippen LogP contribution in [0.1, 0.15) is 24.0 Å². The predicted octanol–water partition coefficient (Wildman–Crippen LogP) is 4.02. The molecule has 0 spiro atoms. The number of methoxy groups -OCH3 is 1. The first-order valence-electron chi connectivity index (χ1n) is 6.56. The van der Waals surface area contributed by atoms with Crippen LogP contribution in [-0.4, -0.2) is 20.2 Å². The van der Waals surface area contributed by atoms with Gasteiger partial charge in [-0.1, -0.05) is 0 Å². The number of ether oxygens (including phenoxy) is 1. The Morgan fingerprint density at radius 3 is 2.50 bits per heavy atom. The smallest absolute Gasteiger partial charge is 0.416 e. The van der Waals surface area contributed by atoms with Crippen LogP contribution < -0.4 is 10.1 Å². The van der Waals surface area contributed by atoms with E-state index in [0.717, 1.165) is 32.0 Å². The maximum absolute atomic E-state index is 12.9. The van der Waals surface area contributed by atoms with Gasteiger partial charge in [0.25, 0.3) is 0 Å². The van der Waals surface area contributed by atoms with Gasteiger partial charge in [0.05, 0.1) is 17.1 Å². The van der Waals surface area contributed by atoms with Gasteiger partial charge in [-0.25, -0.2) is 0 Å². The Morgan fingerprint density at radius 1 is 1.30 bits per heavy atom. The summed E-state index contributed by atoms with van der Waals surface area (Å²) >= 11 is 3.18. The van der Waals surface area contributed by atoms with Crippen molar-refractivity contribution in [1.82, 2.24) is 5.32 Å². The van der Waals surface area contributed by atoms with Crippen molar-refractivity contribution in [3.8, 4) is 5.75 Å². The summed E-state index contributed by atoms with van der Waals surface area (Å²) in [7, 11) is 1.49. The van der Waals surface area contributed by atoms with Crippen molar-refractivity contribution in [2.75, 3.05) is 20.2 Å². The van der Waals surface area contributed by atoms with Crippen molar-refractivity contribution in [3.63, 3.8) is 0 Å². The average molecular weight is 352 g/mol. The first-order chi connectivity index (χ1) is 9.41. The third-order valence-electron chi connectivity index (χ3n) is 3.62. The fourth-order valence-electron chi connectivity index (χ4n) is 2.59. The summed E-state index contributed by atoms with van der Waals surface area (Å²) in [5, 5.41) is 3.26. The molecule has 0 atom stereocenters. The summed E-state index contributed by atoms with van der Waals surface area (Å²) in [4.78, 5) is 0. The largest absolute Gasteiger partial charge is 0.495 e. The molecule has 0 amide bonds. The number of hydrogen-bond donors (Lipinski definition) is 1. The lowest BCUT2D eigenvalue weighted by Crippen LogP contribution is -2.28. The minimum atomic E-state index is -4.34. The highest BCUT2D eigenvalue weighted by Crippen LogP contribution is 2.39. The van der Waals surface area contributed by atoms with E-state index in [4.69, 9.17) is 4.74 Å². The standard InChI is InChI=1S/C14H17BrF3NO/c1-20-13-10(6-9-2-4-19-5-3-9)7-11(8-12(13)15)14(16,17)18/h7-9,19H,2-6H2,1H3. The van der Waals surface area contributed by atoms with Crippen LogP contribution in [0.5, 0.6) is 5.75 Å². The third-order valence-corrected chi connectivity index (χ3v) is 4.21. The molecular formula is C14H17BrF3NO. The number of nitrogens with one attached hydrogen (secondary N) is 1. The van der Waals surface area contributed by atoms with Crippen LogP contribution in [-0.2, 0) is 12.6 Å². The lowest BCUT2D eigenvalue weighted by atomic mass is 9.90. The van der Waals surface area contributed by atoms with Gasteiger partial charge in [-0.3, -0.25) is 0 Å². The minimum Gasteiger partial charge on any atom is -0.495 e. The van der Waals surface area contributed by atoms with Gasteiger partial charge < -0.3 is 10.1 Å². The zero-order valence-electron chi connectivity index (χ0n) is 11.2. The zero-order chi connectivity index (χ0) is 14.8. The summed E-state index contributed by atoms with van der Waals surface area (Å²) < 4.78 is 44.3. The maximum Gasteiger partial charge on any atom is 0.416 e. The monoisotopic (exact) mass is 351 g/mol. The topological polar surface area (TPSA) is 21.3 Å². The van der Waals surface area contributed by atoms with Crippen molar-refractivity contribution in [2.24, 2.45) is 5.92 Å². The van der Waals surface area contributed by atoms with Crippen molar-refractivity contribution in [2.45, 2.75) is 25.4 Å². The fourth-order valence-corrected chi connectivity index (χ4v) is 3.25.